The lowest BCUT2D eigenvalue weighted by atomic mass is 10.1. The van der Waals surface area contributed by atoms with E-state index in [2.05, 4.69) is 4.98 Å². The number of halogens is 2. The number of hydrogen-bond acceptors (Lipinski definition) is 2. The molecule has 1 fully saturated rings. The molecule has 0 saturated heterocycles. The Kier molecular flexibility index (Phi) is 3.22. The summed E-state index contributed by atoms with van der Waals surface area (Å²) in [5.74, 6) is -1.83. The fraction of sp³-hybridized carbons (Fsp3) is 0.286. The molecule has 1 heterocycles. The van der Waals surface area contributed by atoms with Gasteiger partial charge in [0.15, 0.2) is 0 Å². The summed E-state index contributed by atoms with van der Waals surface area (Å²) < 4.78 is 15.8. The number of aromatic nitrogens is 2. The molecule has 4 nitrogen and oxygen atoms in total. The van der Waals surface area contributed by atoms with Gasteiger partial charge in [-0.05, 0) is 23.6 Å². The van der Waals surface area contributed by atoms with Crippen molar-refractivity contribution in [3.05, 3.63) is 52.8 Å². The number of carboxylic acid groups (broad SMARTS) is 1. The lowest BCUT2D eigenvalue weighted by Gasteiger charge is -2.06. The molecule has 20 heavy (non-hydrogen) atoms. The SMILES string of the molecule is O=C(O)C1CC1c1ccc(Cn2cnc(Cl)c2)cc1F. The molecule has 104 valence electrons. The van der Waals surface area contributed by atoms with Gasteiger partial charge in [0.25, 0.3) is 0 Å². The highest BCUT2D eigenvalue weighted by molar-refractivity contribution is 6.29. The summed E-state index contributed by atoms with van der Waals surface area (Å²) in [6, 6.07) is 4.93. The predicted molar refractivity (Wildman–Crippen MR) is 71.2 cm³/mol. The highest BCUT2D eigenvalue weighted by Gasteiger charge is 2.45. The van der Waals surface area contributed by atoms with E-state index in [-0.39, 0.29) is 11.7 Å². The predicted octanol–water partition coefficient (Wildman–Crippen LogP) is 2.91. The van der Waals surface area contributed by atoms with Crippen LogP contribution < -0.4 is 0 Å². The van der Waals surface area contributed by atoms with Gasteiger partial charge in [-0.25, -0.2) is 9.37 Å². The molecule has 1 aliphatic rings. The zero-order valence-electron chi connectivity index (χ0n) is 10.5. The highest BCUT2D eigenvalue weighted by atomic mass is 35.5. The van der Waals surface area contributed by atoms with Gasteiger partial charge in [0.2, 0.25) is 0 Å². The van der Waals surface area contributed by atoms with Crippen LogP contribution in [-0.4, -0.2) is 20.6 Å². The second-order valence-corrected chi connectivity index (χ2v) is 5.40. The normalized spacial score (nSPS) is 20.9. The van der Waals surface area contributed by atoms with E-state index >= 15 is 0 Å². The summed E-state index contributed by atoms with van der Waals surface area (Å²) in [5.41, 5.74) is 1.28. The second-order valence-electron chi connectivity index (χ2n) is 5.01. The van der Waals surface area contributed by atoms with Gasteiger partial charge in [0.05, 0.1) is 12.2 Å². The molecule has 2 atom stereocenters. The maximum Gasteiger partial charge on any atom is 0.307 e. The van der Waals surface area contributed by atoms with Crippen molar-refractivity contribution in [3.8, 4) is 0 Å². The number of benzene rings is 1. The van der Waals surface area contributed by atoms with Crippen LogP contribution in [0.4, 0.5) is 4.39 Å². The van der Waals surface area contributed by atoms with E-state index in [1.54, 1.807) is 23.2 Å². The molecule has 1 N–H and O–H groups in total. The van der Waals surface area contributed by atoms with Crippen LogP contribution in [0.2, 0.25) is 5.15 Å². The zero-order chi connectivity index (χ0) is 14.3. The van der Waals surface area contributed by atoms with Crippen molar-refractivity contribution in [2.45, 2.75) is 18.9 Å². The minimum absolute atomic E-state index is 0.191. The largest absolute Gasteiger partial charge is 0.481 e. The van der Waals surface area contributed by atoms with Crippen LogP contribution in [0.5, 0.6) is 0 Å². The van der Waals surface area contributed by atoms with Crippen molar-refractivity contribution in [2.75, 3.05) is 0 Å². The Hall–Kier alpha value is -1.88. The summed E-state index contributed by atoms with van der Waals surface area (Å²) in [6.07, 6.45) is 3.76. The van der Waals surface area contributed by atoms with Gasteiger partial charge in [0, 0.05) is 18.7 Å². The van der Waals surface area contributed by atoms with Crippen LogP contribution in [0.1, 0.15) is 23.5 Å². The second kappa shape index (κ2) is 4.90. The van der Waals surface area contributed by atoms with Crippen molar-refractivity contribution in [3.63, 3.8) is 0 Å². The van der Waals surface area contributed by atoms with Crippen LogP contribution in [0, 0.1) is 11.7 Å². The quantitative estimate of drug-likeness (QED) is 0.943. The van der Waals surface area contributed by atoms with Crippen LogP contribution in [0.25, 0.3) is 0 Å². The lowest BCUT2D eigenvalue weighted by Crippen LogP contribution is -2.01. The van der Waals surface area contributed by atoms with Gasteiger partial charge >= 0.3 is 5.97 Å². The molecule has 0 spiro atoms. The number of imidazole rings is 1. The average Bonchev–Trinajstić information content (AvgIpc) is 3.07. The summed E-state index contributed by atoms with van der Waals surface area (Å²) in [6.45, 7) is 0.476. The number of carboxylic acids is 1. The van der Waals surface area contributed by atoms with Crippen molar-refractivity contribution in [1.29, 1.82) is 0 Å². The first-order chi connectivity index (χ1) is 9.54. The molecule has 6 heteroatoms. The third kappa shape index (κ3) is 2.54. The smallest absolute Gasteiger partial charge is 0.307 e. The van der Waals surface area contributed by atoms with Crippen molar-refractivity contribution in [1.82, 2.24) is 9.55 Å². The Morgan fingerprint density at radius 3 is 2.90 bits per heavy atom. The van der Waals surface area contributed by atoms with Gasteiger partial charge in [-0.3, -0.25) is 4.79 Å². The summed E-state index contributed by atoms with van der Waals surface area (Å²) in [5, 5.41) is 9.28. The van der Waals surface area contributed by atoms with E-state index in [1.807, 2.05) is 6.07 Å². The molecule has 2 aromatic rings. The summed E-state index contributed by atoms with van der Waals surface area (Å²) in [7, 11) is 0. The van der Waals surface area contributed by atoms with Gasteiger partial charge in [0.1, 0.15) is 11.0 Å². The molecule has 0 bridgehead atoms. The Morgan fingerprint density at radius 1 is 1.55 bits per heavy atom. The van der Waals surface area contributed by atoms with Gasteiger partial charge < -0.3 is 9.67 Å². The topological polar surface area (TPSA) is 55.1 Å². The van der Waals surface area contributed by atoms with Crippen LogP contribution in [-0.2, 0) is 11.3 Å². The molecule has 1 aliphatic carbocycles. The van der Waals surface area contributed by atoms with Crippen molar-refractivity contribution >= 4 is 17.6 Å². The zero-order valence-corrected chi connectivity index (χ0v) is 11.2. The first kappa shape index (κ1) is 13.1. The van der Waals surface area contributed by atoms with Gasteiger partial charge in [-0.1, -0.05) is 23.7 Å². The summed E-state index contributed by atoms with van der Waals surface area (Å²) in [4.78, 5) is 14.7. The average molecular weight is 295 g/mol. The fourth-order valence-corrected chi connectivity index (χ4v) is 2.58. The monoisotopic (exact) mass is 294 g/mol. The van der Waals surface area contributed by atoms with E-state index in [4.69, 9.17) is 16.7 Å². The molecular weight excluding hydrogens is 283 g/mol. The Bertz CT molecular complexity index is 671. The van der Waals surface area contributed by atoms with Gasteiger partial charge in [-0.15, -0.1) is 0 Å². The lowest BCUT2D eigenvalue weighted by molar-refractivity contribution is -0.138. The molecule has 1 saturated carbocycles. The highest BCUT2D eigenvalue weighted by Crippen LogP contribution is 2.48. The third-order valence-electron chi connectivity index (χ3n) is 3.54. The van der Waals surface area contributed by atoms with E-state index in [1.165, 1.54) is 6.07 Å². The molecule has 1 aromatic heterocycles. The Balaban J connectivity index is 1.76. The molecule has 3 rings (SSSR count). The first-order valence-electron chi connectivity index (χ1n) is 6.23. The van der Waals surface area contributed by atoms with E-state index < -0.39 is 11.9 Å². The van der Waals surface area contributed by atoms with E-state index in [0.717, 1.165) is 5.56 Å². The van der Waals surface area contributed by atoms with E-state index in [0.29, 0.717) is 23.7 Å². The Morgan fingerprint density at radius 2 is 2.35 bits per heavy atom. The summed E-state index contributed by atoms with van der Waals surface area (Å²) >= 11 is 5.72. The first-order valence-corrected chi connectivity index (χ1v) is 6.61. The third-order valence-corrected chi connectivity index (χ3v) is 3.73. The van der Waals surface area contributed by atoms with Crippen molar-refractivity contribution in [2.24, 2.45) is 5.92 Å². The molecule has 1 aromatic carbocycles. The van der Waals surface area contributed by atoms with Crippen LogP contribution in [0.3, 0.4) is 0 Å². The minimum atomic E-state index is -0.855. The minimum Gasteiger partial charge on any atom is -0.481 e. The van der Waals surface area contributed by atoms with E-state index in [9.17, 15) is 9.18 Å². The van der Waals surface area contributed by atoms with Crippen LogP contribution in [0.15, 0.2) is 30.7 Å². The number of nitrogens with zero attached hydrogens (tertiary/aromatic N) is 2. The molecular formula is C14H12ClFN2O2. The number of aliphatic carboxylic acids is 1. The maximum atomic E-state index is 14.0. The van der Waals surface area contributed by atoms with Crippen LogP contribution >= 0.6 is 11.6 Å². The molecule has 0 aliphatic heterocycles. The molecule has 0 radical (unpaired) electrons. The number of rotatable bonds is 4. The maximum absolute atomic E-state index is 14.0. The number of hydrogen-bond donors (Lipinski definition) is 1. The molecule has 0 amide bonds. The van der Waals surface area contributed by atoms with Gasteiger partial charge in [-0.2, -0.15) is 0 Å². The standard InChI is InChI=1S/C14H12ClFN2O2/c15-13-6-18(7-17-13)5-8-1-2-9(12(16)3-8)10-4-11(10)14(19)20/h1-3,6-7,10-11H,4-5H2,(H,19,20). The molecule has 2 unspecified atom stereocenters. The fourth-order valence-electron chi connectivity index (χ4n) is 2.41. The number of carbonyl (C=O) groups is 1. The Labute approximate surface area is 119 Å². The van der Waals surface area contributed by atoms with Crippen molar-refractivity contribution < 1.29 is 14.3 Å².